The van der Waals surface area contributed by atoms with Gasteiger partial charge in [-0.25, -0.2) is 9.97 Å². The average Bonchev–Trinajstić information content (AvgIpc) is 3.14. The fourth-order valence-corrected chi connectivity index (χ4v) is 2.77. The summed E-state index contributed by atoms with van der Waals surface area (Å²) >= 11 is 0. The Morgan fingerprint density at radius 2 is 2.18 bits per heavy atom. The van der Waals surface area contributed by atoms with Crippen molar-refractivity contribution in [1.82, 2.24) is 29.5 Å². The van der Waals surface area contributed by atoms with Crippen molar-refractivity contribution in [3.63, 3.8) is 0 Å². The number of aromatic nitrogens is 5. The molecule has 4 heterocycles. The van der Waals surface area contributed by atoms with Crippen LogP contribution in [0, 0.1) is 0 Å². The highest BCUT2D eigenvalue weighted by molar-refractivity contribution is 5.73. The highest BCUT2D eigenvalue weighted by atomic mass is 15.2. The van der Waals surface area contributed by atoms with Gasteiger partial charge in [-0.15, -0.1) is 0 Å². The lowest BCUT2D eigenvalue weighted by molar-refractivity contribution is 0.737. The van der Waals surface area contributed by atoms with Gasteiger partial charge in [0.25, 0.3) is 0 Å². The van der Waals surface area contributed by atoms with Crippen LogP contribution in [-0.2, 0) is 7.05 Å². The number of hydrogen-bond donors (Lipinski definition) is 2. The van der Waals surface area contributed by atoms with Gasteiger partial charge in [0.2, 0.25) is 0 Å². The molecule has 3 aromatic rings. The molecule has 0 aromatic carbocycles. The minimum absolute atomic E-state index is 0.444. The second-order valence-corrected chi connectivity index (χ2v) is 5.45. The summed E-state index contributed by atoms with van der Waals surface area (Å²) in [6.07, 6.45) is 10.8. The molecular weight excluding hydrogens is 278 g/mol. The predicted octanol–water partition coefficient (Wildman–Crippen LogP) is 1.09. The Bertz CT molecular complexity index is 871. The summed E-state index contributed by atoms with van der Waals surface area (Å²) in [5, 5.41) is 7.58. The maximum absolute atomic E-state index is 6.10. The van der Waals surface area contributed by atoms with E-state index in [4.69, 9.17) is 5.73 Å². The summed E-state index contributed by atoms with van der Waals surface area (Å²) in [6.45, 7) is 1.82. The third-order valence-corrected chi connectivity index (χ3v) is 3.88. The second kappa shape index (κ2) is 4.96. The van der Waals surface area contributed by atoms with E-state index in [0.29, 0.717) is 11.5 Å². The van der Waals surface area contributed by atoms with Gasteiger partial charge in [0.1, 0.15) is 0 Å². The van der Waals surface area contributed by atoms with E-state index in [9.17, 15) is 0 Å². The van der Waals surface area contributed by atoms with Crippen LogP contribution >= 0.6 is 0 Å². The summed E-state index contributed by atoms with van der Waals surface area (Å²) in [5.41, 5.74) is 10.8. The Labute approximate surface area is 127 Å². The SMILES string of the molecule is Cn1cc(-c2cnc3c(N)nc(C4=CCCNC4)cn23)cn1. The van der Waals surface area contributed by atoms with E-state index in [-0.39, 0.29) is 0 Å². The molecule has 0 atom stereocenters. The molecule has 22 heavy (non-hydrogen) atoms. The van der Waals surface area contributed by atoms with E-state index in [2.05, 4.69) is 26.5 Å². The lowest BCUT2D eigenvalue weighted by atomic mass is 10.1. The molecule has 0 unspecified atom stereocenters. The van der Waals surface area contributed by atoms with Gasteiger partial charge in [0.05, 0.1) is 23.8 Å². The van der Waals surface area contributed by atoms with Crippen LogP contribution in [0.15, 0.2) is 30.9 Å². The van der Waals surface area contributed by atoms with Crippen molar-refractivity contribution in [2.24, 2.45) is 7.05 Å². The van der Waals surface area contributed by atoms with E-state index in [1.54, 1.807) is 4.68 Å². The number of nitrogens with two attached hydrogens (primary N) is 1. The Hall–Kier alpha value is -2.67. The number of nitrogen functional groups attached to an aromatic ring is 1. The maximum Gasteiger partial charge on any atom is 0.180 e. The molecule has 1 aliphatic rings. The van der Waals surface area contributed by atoms with Crippen LogP contribution in [0.2, 0.25) is 0 Å². The molecule has 112 valence electrons. The highest BCUT2D eigenvalue weighted by Gasteiger charge is 2.14. The highest BCUT2D eigenvalue weighted by Crippen LogP contribution is 2.25. The maximum atomic E-state index is 6.10. The van der Waals surface area contributed by atoms with Crippen LogP contribution < -0.4 is 11.1 Å². The van der Waals surface area contributed by atoms with Gasteiger partial charge in [0, 0.05) is 31.5 Å². The molecule has 0 spiro atoms. The molecule has 0 saturated heterocycles. The van der Waals surface area contributed by atoms with Crippen molar-refractivity contribution in [2.75, 3.05) is 18.8 Å². The van der Waals surface area contributed by atoms with Crippen molar-refractivity contribution in [3.05, 3.63) is 36.6 Å². The molecule has 0 aliphatic carbocycles. The minimum Gasteiger partial charge on any atom is -0.381 e. The number of rotatable bonds is 2. The zero-order chi connectivity index (χ0) is 15.1. The molecule has 4 rings (SSSR count). The fraction of sp³-hybridized carbons (Fsp3) is 0.267. The standard InChI is InChI=1S/C15H17N7/c1-21-8-11(6-19-21)13-7-18-15-14(16)20-12(9-22(13)15)10-3-2-4-17-5-10/h3,6-9,17H,2,4-5H2,1H3,(H2,16,20). The summed E-state index contributed by atoms with van der Waals surface area (Å²) < 4.78 is 3.76. The first-order chi connectivity index (χ1) is 10.7. The summed E-state index contributed by atoms with van der Waals surface area (Å²) in [7, 11) is 1.90. The predicted molar refractivity (Wildman–Crippen MR) is 85.1 cm³/mol. The third-order valence-electron chi connectivity index (χ3n) is 3.88. The minimum atomic E-state index is 0.444. The molecule has 0 amide bonds. The number of fused-ring (bicyclic) bond motifs is 1. The average molecular weight is 295 g/mol. The van der Waals surface area contributed by atoms with Gasteiger partial charge in [-0.3, -0.25) is 9.08 Å². The largest absolute Gasteiger partial charge is 0.381 e. The van der Waals surface area contributed by atoms with Gasteiger partial charge in [-0.1, -0.05) is 6.08 Å². The zero-order valence-corrected chi connectivity index (χ0v) is 12.3. The lowest BCUT2D eigenvalue weighted by Crippen LogP contribution is -2.22. The number of anilines is 1. The molecular formula is C15H17N7. The summed E-state index contributed by atoms with van der Waals surface area (Å²) in [4.78, 5) is 8.90. The van der Waals surface area contributed by atoms with Crippen LogP contribution in [0.1, 0.15) is 12.1 Å². The molecule has 0 radical (unpaired) electrons. The van der Waals surface area contributed by atoms with E-state index < -0.39 is 0 Å². The Morgan fingerprint density at radius 1 is 1.27 bits per heavy atom. The first-order valence-corrected chi connectivity index (χ1v) is 7.25. The van der Waals surface area contributed by atoms with Crippen LogP contribution in [0.4, 0.5) is 5.82 Å². The number of nitrogens with one attached hydrogen (secondary N) is 1. The van der Waals surface area contributed by atoms with Crippen molar-refractivity contribution < 1.29 is 0 Å². The van der Waals surface area contributed by atoms with Crippen molar-refractivity contribution >= 4 is 17.0 Å². The van der Waals surface area contributed by atoms with E-state index in [1.165, 1.54) is 5.57 Å². The molecule has 3 aromatic heterocycles. The number of hydrogen-bond acceptors (Lipinski definition) is 5. The van der Waals surface area contributed by atoms with E-state index in [0.717, 1.165) is 36.5 Å². The summed E-state index contributed by atoms with van der Waals surface area (Å²) in [6, 6.07) is 0. The van der Waals surface area contributed by atoms with E-state index >= 15 is 0 Å². The second-order valence-electron chi connectivity index (χ2n) is 5.45. The topological polar surface area (TPSA) is 86.1 Å². The van der Waals surface area contributed by atoms with Crippen LogP contribution in [-0.4, -0.2) is 37.2 Å². The molecule has 1 aliphatic heterocycles. The molecule has 7 nitrogen and oxygen atoms in total. The number of aryl methyl sites for hydroxylation is 1. The van der Waals surface area contributed by atoms with Gasteiger partial charge in [0.15, 0.2) is 11.5 Å². The van der Waals surface area contributed by atoms with Gasteiger partial charge in [-0.05, 0) is 18.5 Å². The third kappa shape index (κ3) is 2.06. The zero-order valence-electron chi connectivity index (χ0n) is 12.3. The van der Waals surface area contributed by atoms with Gasteiger partial charge >= 0.3 is 0 Å². The quantitative estimate of drug-likeness (QED) is 0.739. The Kier molecular flexibility index (Phi) is 2.93. The van der Waals surface area contributed by atoms with Crippen LogP contribution in [0.3, 0.4) is 0 Å². The first kappa shape index (κ1) is 13.0. The number of nitrogens with zero attached hydrogens (tertiary/aromatic N) is 5. The smallest absolute Gasteiger partial charge is 0.180 e. The molecule has 3 N–H and O–H groups in total. The van der Waals surface area contributed by atoms with Gasteiger partial charge in [-0.2, -0.15) is 5.10 Å². The fourth-order valence-electron chi connectivity index (χ4n) is 2.77. The lowest BCUT2D eigenvalue weighted by Gasteiger charge is -2.14. The Balaban J connectivity index is 1.90. The number of imidazole rings is 1. The van der Waals surface area contributed by atoms with Crippen molar-refractivity contribution in [3.8, 4) is 11.3 Å². The molecule has 0 fully saturated rings. The first-order valence-electron chi connectivity index (χ1n) is 7.25. The molecule has 0 bridgehead atoms. The van der Waals surface area contributed by atoms with E-state index in [1.807, 2.05) is 36.2 Å². The molecule has 0 saturated carbocycles. The Morgan fingerprint density at radius 3 is 2.91 bits per heavy atom. The summed E-state index contributed by atoms with van der Waals surface area (Å²) in [5.74, 6) is 0.444. The van der Waals surface area contributed by atoms with Crippen LogP contribution in [0.5, 0.6) is 0 Å². The monoisotopic (exact) mass is 295 g/mol. The van der Waals surface area contributed by atoms with Crippen molar-refractivity contribution in [2.45, 2.75) is 6.42 Å². The van der Waals surface area contributed by atoms with Crippen LogP contribution in [0.25, 0.3) is 22.5 Å². The normalized spacial score (nSPS) is 15.2. The molecule has 7 heteroatoms. The van der Waals surface area contributed by atoms with Gasteiger partial charge < -0.3 is 11.1 Å². The van der Waals surface area contributed by atoms with Crippen molar-refractivity contribution in [1.29, 1.82) is 0 Å².